The molecule has 6 heteroatoms. The highest BCUT2D eigenvalue weighted by molar-refractivity contribution is 7.80. The Labute approximate surface area is 85.2 Å². The Bertz CT molecular complexity index is 381. The van der Waals surface area contributed by atoms with Crippen LogP contribution in [0.25, 0.3) is 0 Å². The lowest BCUT2D eigenvalue weighted by molar-refractivity contribution is 0.469. The SMILES string of the molecule is NC(=S)NN=Cc1ccc(O)cc1F. The lowest BCUT2D eigenvalue weighted by Crippen LogP contribution is -2.24. The molecule has 0 saturated heterocycles. The molecule has 0 atom stereocenters. The van der Waals surface area contributed by atoms with Crippen LogP contribution in [0.2, 0.25) is 0 Å². The number of nitrogens with one attached hydrogen (secondary N) is 1. The van der Waals surface area contributed by atoms with E-state index in [1.54, 1.807) is 0 Å². The van der Waals surface area contributed by atoms with Crippen LogP contribution in [-0.2, 0) is 0 Å². The highest BCUT2D eigenvalue weighted by Gasteiger charge is 1.99. The van der Waals surface area contributed by atoms with Crippen molar-refractivity contribution in [2.75, 3.05) is 0 Å². The van der Waals surface area contributed by atoms with Gasteiger partial charge in [-0.3, -0.25) is 5.43 Å². The molecule has 0 aliphatic carbocycles. The average molecular weight is 213 g/mol. The number of phenols is 1. The van der Waals surface area contributed by atoms with Crippen LogP contribution in [0, 0.1) is 5.82 Å². The van der Waals surface area contributed by atoms with Crippen molar-refractivity contribution in [2.24, 2.45) is 10.8 Å². The number of aromatic hydroxyl groups is 1. The Kier molecular flexibility index (Phi) is 3.35. The van der Waals surface area contributed by atoms with E-state index in [4.69, 9.17) is 10.8 Å². The first-order valence-corrected chi connectivity index (χ1v) is 4.07. The van der Waals surface area contributed by atoms with Crippen molar-refractivity contribution in [3.05, 3.63) is 29.6 Å². The molecule has 0 bridgehead atoms. The van der Waals surface area contributed by atoms with Gasteiger partial charge in [-0.1, -0.05) is 0 Å². The van der Waals surface area contributed by atoms with E-state index in [-0.39, 0.29) is 16.4 Å². The fourth-order valence-electron chi connectivity index (χ4n) is 0.786. The molecular weight excluding hydrogens is 205 g/mol. The van der Waals surface area contributed by atoms with Crippen LogP contribution in [-0.4, -0.2) is 16.4 Å². The van der Waals surface area contributed by atoms with Gasteiger partial charge in [0.2, 0.25) is 0 Å². The maximum absolute atomic E-state index is 13.0. The summed E-state index contributed by atoms with van der Waals surface area (Å²) in [6.07, 6.45) is 1.22. The Hall–Kier alpha value is -1.69. The standard InChI is InChI=1S/C8H8FN3OS/c9-7-3-6(13)2-1-5(7)4-11-12-8(10)14/h1-4,13H,(H3,10,12,14). The number of phenolic OH excluding ortho intramolecular Hbond substituents is 1. The molecule has 0 heterocycles. The number of hydrogen-bond acceptors (Lipinski definition) is 3. The Balaban J connectivity index is 2.76. The zero-order valence-electron chi connectivity index (χ0n) is 7.07. The lowest BCUT2D eigenvalue weighted by atomic mass is 10.2. The molecule has 0 unspecified atom stereocenters. The van der Waals surface area contributed by atoms with Crippen molar-refractivity contribution < 1.29 is 9.50 Å². The Morgan fingerprint density at radius 3 is 2.93 bits per heavy atom. The van der Waals surface area contributed by atoms with E-state index in [1.807, 2.05) is 0 Å². The topological polar surface area (TPSA) is 70.6 Å². The van der Waals surface area contributed by atoms with Crippen LogP contribution in [0.1, 0.15) is 5.56 Å². The number of hydrogen-bond donors (Lipinski definition) is 3. The fourth-order valence-corrected chi connectivity index (χ4v) is 0.839. The van der Waals surface area contributed by atoms with E-state index in [0.29, 0.717) is 0 Å². The summed E-state index contributed by atoms with van der Waals surface area (Å²) < 4.78 is 13.0. The second-order valence-electron chi connectivity index (χ2n) is 2.44. The van der Waals surface area contributed by atoms with Crippen molar-refractivity contribution in [1.82, 2.24) is 5.43 Å². The van der Waals surface area contributed by atoms with E-state index in [0.717, 1.165) is 6.07 Å². The zero-order valence-corrected chi connectivity index (χ0v) is 7.88. The van der Waals surface area contributed by atoms with Crippen LogP contribution in [0.15, 0.2) is 23.3 Å². The number of benzene rings is 1. The molecule has 1 rings (SSSR count). The summed E-state index contributed by atoms with van der Waals surface area (Å²) in [5.74, 6) is -0.708. The van der Waals surface area contributed by atoms with Crippen molar-refractivity contribution >= 4 is 23.5 Å². The number of nitrogens with two attached hydrogens (primary N) is 1. The van der Waals surface area contributed by atoms with E-state index in [2.05, 4.69) is 22.7 Å². The van der Waals surface area contributed by atoms with Gasteiger partial charge in [-0.2, -0.15) is 5.10 Å². The van der Waals surface area contributed by atoms with Crippen molar-refractivity contribution in [3.8, 4) is 5.75 Å². The minimum atomic E-state index is -0.571. The first-order valence-electron chi connectivity index (χ1n) is 3.66. The summed E-state index contributed by atoms with van der Waals surface area (Å²) >= 11 is 4.48. The van der Waals surface area contributed by atoms with Gasteiger partial charge in [-0.25, -0.2) is 4.39 Å². The van der Waals surface area contributed by atoms with E-state index in [1.165, 1.54) is 18.3 Å². The van der Waals surface area contributed by atoms with E-state index < -0.39 is 5.82 Å². The summed E-state index contributed by atoms with van der Waals surface area (Å²) in [7, 11) is 0. The van der Waals surface area contributed by atoms with Gasteiger partial charge in [0.1, 0.15) is 11.6 Å². The summed E-state index contributed by atoms with van der Waals surface area (Å²) in [4.78, 5) is 0. The van der Waals surface area contributed by atoms with Crippen LogP contribution in [0.4, 0.5) is 4.39 Å². The van der Waals surface area contributed by atoms with Crippen molar-refractivity contribution in [2.45, 2.75) is 0 Å². The van der Waals surface area contributed by atoms with Crippen LogP contribution in [0.3, 0.4) is 0 Å². The molecule has 0 aliphatic heterocycles. The molecule has 0 saturated carbocycles. The van der Waals surface area contributed by atoms with Gasteiger partial charge in [0.05, 0.1) is 6.21 Å². The first kappa shape index (κ1) is 10.4. The normalized spacial score (nSPS) is 10.4. The molecule has 4 N–H and O–H groups in total. The number of rotatable bonds is 2. The van der Waals surface area contributed by atoms with Crippen LogP contribution < -0.4 is 11.2 Å². The zero-order chi connectivity index (χ0) is 10.6. The molecule has 14 heavy (non-hydrogen) atoms. The molecule has 1 aromatic rings. The molecule has 1 aromatic carbocycles. The quantitative estimate of drug-likeness (QED) is 0.384. The number of hydrazone groups is 1. The molecular formula is C8H8FN3OS. The predicted octanol–water partition coefficient (Wildman–Crippen LogP) is 0.698. The molecule has 74 valence electrons. The smallest absolute Gasteiger partial charge is 0.184 e. The molecule has 0 aromatic heterocycles. The van der Waals surface area contributed by atoms with Gasteiger partial charge in [0.25, 0.3) is 0 Å². The fraction of sp³-hybridized carbons (Fsp3) is 0. The highest BCUT2D eigenvalue weighted by Crippen LogP contribution is 2.12. The summed E-state index contributed by atoms with van der Waals surface area (Å²) in [6, 6.07) is 3.72. The van der Waals surface area contributed by atoms with E-state index >= 15 is 0 Å². The second-order valence-corrected chi connectivity index (χ2v) is 2.88. The van der Waals surface area contributed by atoms with Gasteiger partial charge in [-0.15, -0.1) is 0 Å². The van der Waals surface area contributed by atoms with E-state index in [9.17, 15) is 4.39 Å². The Morgan fingerprint density at radius 1 is 1.64 bits per heavy atom. The minimum Gasteiger partial charge on any atom is -0.508 e. The van der Waals surface area contributed by atoms with Gasteiger partial charge in [0.15, 0.2) is 5.11 Å². The second kappa shape index (κ2) is 4.52. The maximum atomic E-state index is 13.0. The molecule has 0 fully saturated rings. The number of thiocarbonyl (C=S) groups is 1. The monoisotopic (exact) mass is 213 g/mol. The van der Waals surface area contributed by atoms with Crippen molar-refractivity contribution in [1.29, 1.82) is 0 Å². The minimum absolute atomic E-state index is 0.000404. The van der Waals surface area contributed by atoms with Crippen molar-refractivity contribution in [3.63, 3.8) is 0 Å². The van der Waals surface area contributed by atoms with Gasteiger partial charge in [-0.05, 0) is 24.4 Å². The third-order valence-corrected chi connectivity index (χ3v) is 1.45. The third kappa shape index (κ3) is 2.98. The summed E-state index contributed by atoms with van der Waals surface area (Å²) in [5.41, 5.74) is 7.61. The lowest BCUT2D eigenvalue weighted by Gasteiger charge is -1.97. The molecule has 4 nitrogen and oxygen atoms in total. The summed E-state index contributed by atoms with van der Waals surface area (Å²) in [6.45, 7) is 0. The number of nitrogens with zero attached hydrogens (tertiary/aromatic N) is 1. The first-order chi connectivity index (χ1) is 6.59. The predicted molar refractivity (Wildman–Crippen MR) is 55.6 cm³/mol. The van der Waals surface area contributed by atoms with Gasteiger partial charge >= 0.3 is 0 Å². The largest absolute Gasteiger partial charge is 0.508 e. The molecule has 0 radical (unpaired) electrons. The number of halogens is 1. The Morgan fingerprint density at radius 2 is 2.36 bits per heavy atom. The van der Waals surface area contributed by atoms with Gasteiger partial charge in [0, 0.05) is 11.6 Å². The third-order valence-electron chi connectivity index (χ3n) is 1.36. The maximum Gasteiger partial charge on any atom is 0.184 e. The summed E-state index contributed by atoms with van der Waals surface area (Å²) in [5, 5.41) is 12.5. The average Bonchev–Trinajstić information content (AvgIpc) is 2.08. The van der Waals surface area contributed by atoms with Crippen LogP contribution in [0.5, 0.6) is 5.75 Å². The molecule has 0 aliphatic rings. The highest BCUT2D eigenvalue weighted by atomic mass is 32.1. The molecule has 0 amide bonds. The van der Waals surface area contributed by atoms with Gasteiger partial charge < -0.3 is 10.8 Å². The molecule has 0 spiro atoms. The van der Waals surface area contributed by atoms with Crippen LogP contribution >= 0.6 is 12.2 Å².